The van der Waals surface area contributed by atoms with Crippen molar-refractivity contribution in [1.82, 2.24) is 0 Å². The molecule has 3 nitrogen and oxygen atoms in total. The summed E-state index contributed by atoms with van der Waals surface area (Å²) in [4.78, 5) is 0. The Labute approximate surface area is 104 Å². The fourth-order valence-electron chi connectivity index (χ4n) is 1.46. The van der Waals surface area contributed by atoms with Crippen molar-refractivity contribution in [3.8, 4) is 17.2 Å². The Kier molecular flexibility index (Phi) is 4.67. The summed E-state index contributed by atoms with van der Waals surface area (Å²) in [5, 5.41) is 0. The highest BCUT2D eigenvalue weighted by Gasteiger charge is 2.13. The van der Waals surface area contributed by atoms with Crippen molar-refractivity contribution in [1.29, 1.82) is 0 Å². The molecule has 0 amide bonds. The summed E-state index contributed by atoms with van der Waals surface area (Å²) in [6, 6.07) is 5.65. The van der Waals surface area contributed by atoms with Crippen molar-refractivity contribution in [2.75, 3.05) is 13.2 Å². The van der Waals surface area contributed by atoms with Gasteiger partial charge in [0.15, 0.2) is 0 Å². The van der Waals surface area contributed by atoms with Gasteiger partial charge in [-0.05, 0) is 34.6 Å². The van der Waals surface area contributed by atoms with Gasteiger partial charge < -0.3 is 14.2 Å². The highest BCUT2D eigenvalue weighted by molar-refractivity contribution is 5.42. The minimum atomic E-state index is -0.228. The van der Waals surface area contributed by atoms with Crippen LogP contribution in [-0.2, 0) is 0 Å². The second-order valence-corrected chi connectivity index (χ2v) is 4.72. The van der Waals surface area contributed by atoms with Crippen LogP contribution in [0.1, 0.15) is 34.6 Å². The normalized spacial score (nSPS) is 11.1. The number of ether oxygens (including phenoxy) is 3. The lowest BCUT2D eigenvalue weighted by atomic mass is 10.2. The molecule has 1 aromatic carbocycles. The molecule has 0 atom stereocenters. The third kappa shape index (κ3) is 4.98. The molecule has 0 N–H and O–H groups in total. The second-order valence-electron chi connectivity index (χ2n) is 4.72. The van der Waals surface area contributed by atoms with E-state index in [9.17, 15) is 0 Å². The molecule has 0 saturated heterocycles. The number of hydrogen-bond acceptors (Lipinski definition) is 3. The highest BCUT2D eigenvalue weighted by atomic mass is 16.5. The quantitative estimate of drug-likeness (QED) is 0.783. The SMILES string of the molecule is CCOc1cc(OCC)cc(OC(C)(C)C)c1. The predicted molar refractivity (Wildman–Crippen MR) is 69.2 cm³/mol. The molecule has 17 heavy (non-hydrogen) atoms. The Morgan fingerprint density at radius 1 is 0.824 bits per heavy atom. The maximum Gasteiger partial charge on any atom is 0.127 e. The molecular weight excluding hydrogens is 216 g/mol. The van der Waals surface area contributed by atoms with Gasteiger partial charge in [-0.15, -0.1) is 0 Å². The van der Waals surface area contributed by atoms with Crippen molar-refractivity contribution < 1.29 is 14.2 Å². The first-order valence-corrected chi connectivity index (χ1v) is 6.04. The van der Waals surface area contributed by atoms with Gasteiger partial charge in [-0.2, -0.15) is 0 Å². The van der Waals surface area contributed by atoms with Gasteiger partial charge in [0, 0.05) is 18.2 Å². The van der Waals surface area contributed by atoms with Gasteiger partial charge >= 0.3 is 0 Å². The van der Waals surface area contributed by atoms with Gasteiger partial charge in [0.1, 0.15) is 22.8 Å². The molecule has 3 heteroatoms. The van der Waals surface area contributed by atoms with E-state index in [2.05, 4.69) is 0 Å². The van der Waals surface area contributed by atoms with Crippen LogP contribution in [0.3, 0.4) is 0 Å². The maximum atomic E-state index is 5.82. The first-order chi connectivity index (χ1) is 7.94. The summed E-state index contributed by atoms with van der Waals surface area (Å²) in [5.74, 6) is 2.32. The van der Waals surface area contributed by atoms with Gasteiger partial charge in [-0.3, -0.25) is 0 Å². The van der Waals surface area contributed by atoms with Crippen LogP contribution in [0.5, 0.6) is 17.2 Å². The zero-order chi connectivity index (χ0) is 12.9. The monoisotopic (exact) mass is 238 g/mol. The van der Waals surface area contributed by atoms with Crippen LogP contribution in [0.15, 0.2) is 18.2 Å². The van der Waals surface area contributed by atoms with E-state index in [1.54, 1.807) is 0 Å². The minimum absolute atomic E-state index is 0.228. The number of rotatable bonds is 5. The molecule has 0 fully saturated rings. The van der Waals surface area contributed by atoms with Gasteiger partial charge in [0.2, 0.25) is 0 Å². The van der Waals surface area contributed by atoms with E-state index in [0.717, 1.165) is 17.2 Å². The first-order valence-electron chi connectivity index (χ1n) is 6.04. The Hall–Kier alpha value is -1.38. The Morgan fingerprint density at radius 3 is 1.59 bits per heavy atom. The number of benzene rings is 1. The second kappa shape index (κ2) is 5.80. The molecule has 0 aliphatic rings. The molecule has 0 heterocycles. The summed E-state index contributed by atoms with van der Waals surface area (Å²) < 4.78 is 16.8. The van der Waals surface area contributed by atoms with Crippen LogP contribution < -0.4 is 14.2 Å². The summed E-state index contributed by atoms with van der Waals surface area (Å²) in [6.45, 7) is 11.2. The van der Waals surface area contributed by atoms with Crippen molar-refractivity contribution >= 4 is 0 Å². The van der Waals surface area contributed by atoms with Gasteiger partial charge in [0.25, 0.3) is 0 Å². The zero-order valence-corrected chi connectivity index (χ0v) is 11.4. The van der Waals surface area contributed by atoms with Crippen LogP contribution in [0.25, 0.3) is 0 Å². The lowest BCUT2D eigenvalue weighted by Gasteiger charge is -2.22. The van der Waals surface area contributed by atoms with E-state index in [1.165, 1.54) is 0 Å². The van der Waals surface area contributed by atoms with Crippen LogP contribution in [-0.4, -0.2) is 18.8 Å². The van der Waals surface area contributed by atoms with Crippen molar-refractivity contribution in [3.05, 3.63) is 18.2 Å². The van der Waals surface area contributed by atoms with E-state index in [1.807, 2.05) is 52.8 Å². The molecule has 0 aliphatic heterocycles. The summed E-state index contributed by atoms with van der Waals surface area (Å²) in [7, 11) is 0. The van der Waals surface area contributed by atoms with Crippen LogP contribution in [0.4, 0.5) is 0 Å². The smallest absolute Gasteiger partial charge is 0.127 e. The molecule has 0 spiro atoms. The maximum absolute atomic E-state index is 5.82. The Morgan fingerprint density at radius 2 is 1.24 bits per heavy atom. The fourth-order valence-corrected chi connectivity index (χ4v) is 1.46. The van der Waals surface area contributed by atoms with E-state index >= 15 is 0 Å². The molecule has 1 rings (SSSR count). The third-order valence-electron chi connectivity index (χ3n) is 1.90. The average Bonchev–Trinajstić information content (AvgIpc) is 2.15. The predicted octanol–water partition coefficient (Wildman–Crippen LogP) is 3.66. The highest BCUT2D eigenvalue weighted by Crippen LogP contribution is 2.30. The lowest BCUT2D eigenvalue weighted by Crippen LogP contribution is -2.22. The van der Waals surface area contributed by atoms with E-state index < -0.39 is 0 Å². The van der Waals surface area contributed by atoms with Gasteiger partial charge in [-0.1, -0.05) is 0 Å². The molecule has 0 bridgehead atoms. The molecule has 0 aromatic heterocycles. The first kappa shape index (κ1) is 13.7. The van der Waals surface area contributed by atoms with Crippen molar-refractivity contribution in [3.63, 3.8) is 0 Å². The Balaban J connectivity index is 2.94. The fraction of sp³-hybridized carbons (Fsp3) is 0.571. The molecule has 1 aromatic rings. The van der Waals surface area contributed by atoms with E-state index in [0.29, 0.717) is 13.2 Å². The molecule has 0 unspecified atom stereocenters. The Bertz CT molecular complexity index is 329. The van der Waals surface area contributed by atoms with Crippen LogP contribution >= 0.6 is 0 Å². The van der Waals surface area contributed by atoms with Crippen molar-refractivity contribution in [2.45, 2.75) is 40.2 Å². The summed E-state index contributed by atoms with van der Waals surface area (Å²) in [5.41, 5.74) is -0.228. The molecule has 0 radical (unpaired) electrons. The summed E-state index contributed by atoms with van der Waals surface area (Å²) in [6.07, 6.45) is 0. The zero-order valence-electron chi connectivity index (χ0n) is 11.4. The molecule has 0 aliphatic carbocycles. The van der Waals surface area contributed by atoms with E-state index in [4.69, 9.17) is 14.2 Å². The van der Waals surface area contributed by atoms with Gasteiger partial charge in [-0.25, -0.2) is 0 Å². The van der Waals surface area contributed by atoms with E-state index in [-0.39, 0.29) is 5.60 Å². The third-order valence-corrected chi connectivity index (χ3v) is 1.90. The molecule has 0 saturated carbocycles. The standard InChI is InChI=1S/C14H22O3/c1-6-15-11-8-12(16-7-2)10-13(9-11)17-14(3,4)5/h8-10H,6-7H2,1-5H3. The minimum Gasteiger partial charge on any atom is -0.494 e. The van der Waals surface area contributed by atoms with Crippen molar-refractivity contribution in [2.24, 2.45) is 0 Å². The number of hydrogen-bond donors (Lipinski definition) is 0. The molecule has 96 valence electrons. The topological polar surface area (TPSA) is 27.7 Å². The largest absolute Gasteiger partial charge is 0.494 e. The summed E-state index contributed by atoms with van der Waals surface area (Å²) >= 11 is 0. The van der Waals surface area contributed by atoms with Crippen LogP contribution in [0.2, 0.25) is 0 Å². The average molecular weight is 238 g/mol. The lowest BCUT2D eigenvalue weighted by molar-refractivity contribution is 0.130. The van der Waals surface area contributed by atoms with Gasteiger partial charge in [0.05, 0.1) is 13.2 Å². The molecular formula is C14H22O3. The van der Waals surface area contributed by atoms with Crippen LogP contribution in [0, 0.1) is 0 Å².